The standard InChI is InChI=1S/C7H5N3O3/c11-6-2-1-5-8-3-4(7(12)13)10(5)9-6/h1-3H,(H,9,11)(H,12,13). The van der Waals surface area contributed by atoms with Crippen LogP contribution in [-0.4, -0.2) is 25.7 Å². The minimum absolute atomic E-state index is 0.0623. The van der Waals surface area contributed by atoms with E-state index >= 15 is 0 Å². The zero-order valence-corrected chi connectivity index (χ0v) is 6.39. The van der Waals surface area contributed by atoms with Crippen molar-refractivity contribution in [2.24, 2.45) is 0 Å². The van der Waals surface area contributed by atoms with E-state index in [1.54, 1.807) is 0 Å². The first-order chi connectivity index (χ1) is 6.18. The normalized spacial score (nSPS) is 10.5. The first kappa shape index (κ1) is 7.53. The van der Waals surface area contributed by atoms with Gasteiger partial charge in [-0.15, -0.1) is 0 Å². The molecule has 0 aliphatic rings. The van der Waals surface area contributed by atoms with E-state index in [0.29, 0.717) is 5.65 Å². The molecule has 0 spiro atoms. The summed E-state index contributed by atoms with van der Waals surface area (Å²) in [5.74, 6) is -1.13. The molecule has 6 heteroatoms. The minimum Gasteiger partial charge on any atom is -0.476 e. The van der Waals surface area contributed by atoms with E-state index in [2.05, 4.69) is 10.1 Å². The number of hydrogen-bond donors (Lipinski definition) is 2. The number of imidazole rings is 1. The Morgan fingerprint density at radius 1 is 1.54 bits per heavy atom. The largest absolute Gasteiger partial charge is 0.476 e. The highest BCUT2D eigenvalue weighted by Crippen LogP contribution is 2.01. The Balaban J connectivity index is 2.86. The number of carboxylic acids is 1. The Bertz CT molecular complexity index is 525. The monoisotopic (exact) mass is 179 g/mol. The number of aromatic carboxylic acids is 1. The van der Waals surface area contributed by atoms with Gasteiger partial charge in [0.2, 0.25) is 0 Å². The Morgan fingerprint density at radius 3 is 3.00 bits per heavy atom. The zero-order valence-electron chi connectivity index (χ0n) is 6.39. The van der Waals surface area contributed by atoms with Crippen molar-refractivity contribution in [3.05, 3.63) is 34.4 Å². The third kappa shape index (κ3) is 1.08. The molecule has 0 saturated carbocycles. The van der Waals surface area contributed by atoms with Crippen molar-refractivity contribution in [3.63, 3.8) is 0 Å². The summed E-state index contributed by atoms with van der Waals surface area (Å²) in [6.07, 6.45) is 1.19. The highest BCUT2D eigenvalue weighted by atomic mass is 16.4. The lowest BCUT2D eigenvalue weighted by atomic mass is 10.5. The second kappa shape index (κ2) is 2.44. The molecule has 13 heavy (non-hydrogen) atoms. The van der Waals surface area contributed by atoms with Gasteiger partial charge in [-0.25, -0.2) is 14.3 Å². The van der Waals surface area contributed by atoms with Gasteiger partial charge >= 0.3 is 5.97 Å². The first-order valence-electron chi connectivity index (χ1n) is 3.48. The van der Waals surface area contributed by atoms with Crippen molar-refractivity contribution in [2.45, 2.75) is 0 Å². The van der Waals surface area contributed by atoms with Crippen LogP contribution in [0.4, 0.5) is 0 Å². The number of fused-ring (bicyclic) bond motifs is 1. The molecule has 2 aromatic rings. The number of nitrogens with zero attached hydrogens (tertiary/aromatic N) is 2. The second-order valence-corrected chi connectivity index (χ2v) is 2.45. The van der Waals surface area contributed by atoms with Gasteiger partial charge < -0.3 is 5.11 Å². The number of hydrogen-bond acceptors (Lipinski definition) is 3. The molecule has 0 amide bonds. The summed E-state index contributed by atoms with van der Waals surface area (Å²) in [5.41, 5.74) is -0.0299. The van der Waals surface area contributed by atoms with Crippen LogP contribution in [0.15, 0.2) is 23.1 Å². The summed E-state index contributed by atoms with van der Waals surface area (Å²) < 4.78 is 1.13. The highest BCUT2D eigenvalue weighted by molar-refractivity contribution is 5.86. The molecule has 0 bridgehead atoms. The van der Waals surface area contributed by atoms with E-state index in [-0.39, 0.29) is 11.3 Å². The van der Waals surface area contributed by atoms with E-state index in [0.717, 1.165) is 4.52 Å². The third-order valence-electron chi connectivity index (χ3n) is 1.61. The predicted molar refractivity (Wildman–Crippen MR) is 42.8 cm³/mol. The molecule has 0 aliphatic carbocycles. The van der Waals surface area contributed by atoms with Gasteiger partial charge in [-0.05, 0) is 6.07 Å². The SMILES string of the molecule is O=C(O)c1cnc2ccc(=O)[nH]n12. The molecular weight excluding hydrogens is 174 g/mol. The van der Waals surface area contributed by atoms with Gasteiger partial charge in [-0.3, -0.25) is 9.89 Å². The van der Waals surface area contributed by atoms with Crippen LogP contribution < -0.4 is 5.56 Å². The van der Waals surface area contributed by atoms with Crippen molar-refractivity contribution < 1.29 is 9.90 Å². The fraction of sp³-hybridized carbons (Fsp3) is 0. The average Bonchev–Trinajstić information content (AvgIpc) is 2.46. The van der Waals surface area contributed by atoms with Gasteiger partial charge in [0.1, 0.15) is 0 Å². The van der Waals surface area contributed by atoms with Crippen molar-refractivity contribution >= 4 is 11.6 Å². The molecule has 0 unspecified atom stereocenters. The van der Waals surface area contributed by atoms with Crippen LogP contribution in [0, 0.1) is 0 Å². The molecule has 2 N–H and O–H groups in total. The van der Waals surface area contributed by atoms with Crippen LogP contribution in [-0.2, 0) is 0 Å². The lowest BCUT2D eigenvalue weighted by molar-refractivity contribution is 0.0688. The summed E-state index contributed by atoms with van der Waals surface area (Å²) in [4.78, 5) is 25.3. The quantitative estimate of drug-likeness (QED) is 0.630. The van der Waals surface area contributed by atoms with Gasteiger partial charge in [0.25, 0.3) is 5.56 Å². The van der Waals surface area contributed by atoms with Crippen LogP contribution in [0.2, 0.25) is 0 Å². The fourth-order valence-electron chi connectivity index (χ4n) is 1.05. The summed E-state index contributed by atoms with van der Waals surface area (Å²) in [6, 6.07) is 2.74. The van der Waals surface area contributed by atoms with Gasteiger partial charge in [0, 0.05) is 6.07 Å². The number of aromatic nitrogens is 3. The van der Waals surface area contributed by atoms with Crippen LogP contribution in [0.25, 0.3) is 5.65 Å². The second-order valence-electron chi connectivity index (χ2n) is 2.45. The molecule has 0 aliphatic heterocycles. The molecular formula is C7H5N3O3. The van der Waals surface area contributed by atoms with Crippen LogP contribution in [0.1, 0.15) is 10.5 Å². The molecule has 66 valence electrons. The fourth-order valence-corrected chi connectivity index (χ4v) is 1.05. The van der Waals surface area contributed by atoms with Crippen LogP contribution >= 0.6 is 0 Å². The molecule has 0 saturated heterocycles. The number of carbonyl (C=O) groups is 1. The van der Waals surface area contributed by atoms with E-state index in [1.165, 1.54) is 18.3 Å². The van der Waals surface area contributed by atoms with Crippen molar-refractivity contribution in [1.82, 2.24) is 14.6 Å². The first-order valence-corrected chi connectivity index (χ1v) is 3.48. The molecule has 0 fully saturated rings. The van der Waals surface area contributed by atoms with Crippen molar-refractivity contribution in [3.8, 4) is 0 Å². The van der Waals surface area contributed by atoms with E-state index in [4.69, 9.17) is 5.11 Å². The topological polar surface area (TPSA) is 87.5 Å². The lowest BCUT2D eigenvalue weighted by Crippen LogP contribution is -2.13. The maximum absolute atomic E-state index is 10.9. The smallest absolute Gasteiger partial charge is 0.356 e. The van der Waals surface area contributed by atoms with Gasteiger partial charge in [-0.2, -0.15) is 0 Å². The van der Waals surface area contributed by atoms with Gasteiger partial charge in [-0.1, -0.05) is 0 Å². The Labute approximate surface area is 71.4 Å². The Morgan fingerprint density at radius 2 is 2.31 bits per heavy atom. The van der Waals surface area contributed by atoms with Gasteiger partial charge in [0.05, 0.1) is 6.20 Å². The van der Waals surface area contributed by atoms with Crippen molar-refractivity contribution in [2.75, 3.05) is 0 Å². The molecule has 0 aromatic carbocycles. The molecule has 2 heterocycles. The van der Waals surface area contributed by atoms with Crippen LogP contribution in [0.3, 0.4) is 0 Å². The summed E-state index contributed by atoms with van der Waals surface area (Å²) in [5, 5.41) is 11.0. The van der Waals surface area contributed by atoms with E-state index in [9.17, 15) is 9.59 Å². The molecule has 2 aromatic heterocycles. The molecule has 2 rings (SSSR count). The van der Waals surface area contributed by atoms with E-state index < -0.39 is 5.97 Å². The van der Waals surface area contributed by atoms with E-state index in [1.807, 2.05) is 0 Å². The third-order valence-corrected chi connectivity index (χ3v) is 1.61. The number of rotatable bonds is 1. The van der Waals surface area contributed by atoms with Gasteiger partial charge in [0.15, 0.2) is 11.3 Å². The van der Waals surface area contributed by atoms with Crippen LogP contribution in [0.5, 0.6) is 0 Å². The molecule has 6 nitrogen and oxygen atoms in total. The number of H-pyrrole nitrogens is 1. The number of aromatic amines is 1. The maximum Gasteiger partial charge on any atom is 0.356 e. The lowest BCUT2D eigenvalue weighted by Gasteiger charge is -1.94. The predicted octanol–water partition coefficient (Wildman–Crippen LogP) is -0.279. The maximum atomic E-state index is 10.9. The zero-order chi connectivity index (χ0) is 9.42. The summed E-state index contributed by atoms with van der Waals surface area (Å²) in [6.45, 7) is 0. The summed E-state index contributed by atoms with van der Waals surface area (Å²) in [7, 11) is 0. The molecule has 0 radical (unpaired) electrons. The Kier molecular flexibility index (Phi) is 1.42. The summed E-state index contributed by atoms with van der Waals surface area (Å²) >= 11 is 0. The average molecular weight is 179 g/mol. The minimum atomic E-state index is -1.13. The highest BCUT2D eigenvalue weighted by Gasteiger charge is 2.09. The molecule has 0 atom stereocenters. The van der Waals surface area contributed by atoms with Crippen molar-refractivity contribution in [1.29, 1.82) is 0 Å². The number of nitrogens with one attached hydrogen (secondary N) is 1. The number of carboxylic acid groups (broad SMARTS) is 1. The Hall–Kier alpha value is -2.11.